The maximum atomic E-state index is 5.53. The molecule has 2 heterocycles. The van der Waals surface area contributed by atoms with Crippen LogP contribution in [0.1, 0.15) is 5.56 Å². The van der Waals surface area contributed by atoms with Crippen LogP contribution in [-0.4, -0.2) is 21.5 Å². The average Bonchev–Trinajstić information content (AvgIpc) is 2.84. The van der Waals surface area contributed by atoms with Gasteiger partial charge in [-0.2, -0.15) is 0 Å². The van der Waals surface area contributed by atoms with Crippen molar-refractivity contribution in [2.45, 2.75) is 6.42 Å². The summed E-state index contributed by atoms with van der Waals surface area (Å²) in [6.45, 7) is 0.675. The van der Waals surface area contributed by atoms with Gasteiger partial charge in [-0.1, -0.05) is 24.3 Å². The minimum absolute atomic E-state index is 0.675. The smallest absolute Gasteiger partial charge is 0.178 e. The predicted molar refractivity (Wildman–Crippen MR) is 72.1 cm³/mol. The van der Waals surface area contributed by atoms with Crippen LogP contribution in [0.3, 0.4) is 0 Å². The van der Waals surface area contributed by atoms with Crippen molar-refractivity contribution in [3.63, 3.8) is 0 Å². The molecule has 0 saturated carbocycles. The summed E-state index contributed by atoms with van der Waals surface area (Å²) in [5, 5.41) is 0. The largest absolute Gasteiger partial charge is 0.337 e. The summed E-state index contributed by atoms with van der Waals surface area (Å²) in [5.41, 5.74) is 9.55. The van der Waals surface area contributed by atoms with E-state index in [-0.39, 0.29) is 0 Å². The number of aromatic nitrogens is 3. The summed E-state index contributed by atoms with van der Waals surface area (Å²) in [7, 11) is 0. The molecule has 0 spiro atoms. The van der Waals surface area contributed by atoms with E-state index in [1.165, 1.54) is 5.56 Å². The maximum absolute atomic E-state index is 5.53. The molecule has 0 bridgehead atoms. The molecule has 18 heavy (non-hydrogen) atoms. The molecule has 0 amide bonds. The molecular formula is C14H14N4. The van der Waals surface area contributed by atoms with E-state index in [2.05, 4.69) is 39.2 Å². The van der Waals surface area contributed by atoms with E-state index in [0.29, 0.717) is 6.54 Å². The maximum Gasteiger partial charge on any atom is 0.178 e. The lowest BCUT2D eigenvalue weighted by Gasteiger charge is -2.00. The van der Waals surface area contributed by atoms with Crippen LogP contribution >= 0.6 is 0 Å². The normalized spacial score (nSPS) is 10.9. The van der Waals surface area contributed by atoms with Gasteiger partial charge in [0.25, 0.3) is 0 Å². The van der Waals surface area contributed by atoms with Gasteiger partial charge in [0.1, 0.15) is 5.82 Å². The highest BCUT2D eigenvalue weighted by molar-refractivity contribution is 5.75. The number of benzene rings is 1. The van der Waals surface area contributed by atoms with E-state index in [1.54, 1.807) is 6.20 Å². The highest BCUT2D eigenvalue weighted by Crippen LogP contribution is 2.19. The minimum atomic E-state index is 0.675. The van der Waals surface area contributed by atoms with Crippen molar-refractivity contribution in [3.8, 4) is 11.4 Å². The van der Waals surface area contributed by atoms with Gasteiger partial charge in [-0.15, -0.1) is 0 Å². The Balaban J connectivity index is 1.98. The lowest BCUT2D eigenvalue weighted by atomic mass is 10.1. The third-order valence-electron chi connectivity index (χ3n) is 2.92. The van der Waals surface area contributed by atoms with Crippen molar-refractivity contribution >= 4 is 11.2 Å². The predicted octanol–water partition coefficient (Wildman–Crippen LogP) is 2.13. The zero-order valence-electron chi connectivity index (χ0n) is 9.93. The summed E-state index contributed by atoms with van der Waals surface area (Å²) in [6, 6.07) is 12.2. The summed E-state index contributed by atoms with van der Waals surface area (Å²) < 4.78 is 0. The number of fused-ring (bicyclic) bond motifs is 1. The van der Waals surface area contributed by atoms with Crippen molar-refractivity contribution < 1.29 is 0 Å². The molecule has 3 aromatic rings. The number of nitrogens with zero attached hydrogens (tertiary/aromatic N) is 2. The Morgan fingerprint density at radius 3 is 2.67 bits per heavy atom. The van der Waals surface area contributed by atoms with Gasteiger partial charge < -0.3 is 10.7 Å². The van der Waals surface area contributed by atoms with Crippen molar-refractivity contribution in [3.05, 3.63) is 48.2 Å². The number of hydrogen-bond acceptors (Lipinski definition) is 3. The van der Waals surface area contributed by atoms with Crippen LogP contribution in [0.2, 0.25) is 0 Å². The third kappa shape index (κ3) is 1.98. The number of nitrogens with two attached hydrogens (primary N) is 1. The molecule has 1 aromatic carbocycles. The van der Waals surface area contributed by atoms with E-state index < -0.39 is 0 Å². The molecule has 0 aliphatic heterocycles. The minimum Gasteiger partial charge on any atom is -0.337 e. The Morgan fingerprint density at radius 1 is 1.11 bits per heavy atom. The number of nitrogens with one attached hydrogen (secondary N) is 1. The third-order valence-corrected chi connectivity index (χ3v) is 2.92. The van der Waals surface area contributed by atoms with Crippen molar-refractivity contribution in [2.24, 2.45) is 5.73 Å². The molecule has 0 atom stereocenters. The Bertz CT molecular complexity index is 622. The molecule has 0 unspecified atom stereocenters. The molecule has 0 radical (unpaired) electrons. The van der Waals surface area contributed by atoms with E-state index in [1.807, 2.05) is 12.1 Å². The quantitative estimate of drug-likeness (QED) is 0.734. The molecule has 2 aromatic heterocycles. The summed E-state index contributed by atoms with van der Waals surface area (Å²) in [4.78, 5) is 11.9. The van der Waals surface area contributed by atoms with Crippen molar-refractivity contribution in [2.75, 3.05) is 6.54 Å². The fourth-order valence-corrected chi connectivity index (χ4v) is 1.98. The van der Waals surface area contributed by atoms with Gasteiger partial charge in [0.05, 0.1) is 5.52 Å². The fraction of sp³-hybridized carbons (Fsp3) is 0.143. The van der Waals surface area contributed by atoms with Crippen LogP contribution in [0.4, 0.5) is 0 Å². The van der Waals surface area contributed by atoms with E-state index >= 15 is 0 Å². The van der Waals surface area contributed by atoms with E-state index in [4.69, 9.17) is 5.73 Å². The topological polar surface area (TPSA) is 67.6 Å². The molecule has 0 fully saturated rings. The van der Waals surface area contributed by atoms with E-state index in [9.17, 15) is 0 Å². The van der Waals surface area contributed by atoms with Crippen molar-refractivity contribution in [1.82, 2.24) is 15.0 Å². The first kappa shape index (κ1) is 10.9. The Morgan fingerprint density at radius 2 is 1.94 bits per heavy atom. The monoisotopic (exact) mass is 238 g/mol. The molecule has 3 N–H and O–H groups in total. The number of pyridine rings is 1. The first-order valence-corrected chi connectivity index (χ1v) is 5.97. The van der Waals surface area contributed by atoms with Gasteiger partial charge in [0, 0.05) is 11.8 Å². The van der Waals surface area contributed by atoms with Gasteiger partial charge in [-0.3, -0.25) is 0 Å². The number of aromatic amines is 1. The standard InChI is InChI=1S/C14H14N4/c15-8-7-10-3-5-11(6-4-10)13-17-12-2-1-9-16-14(12)18-13/h1-6,9H,7-8,15H2,(H,16,17,18). The van der Waals surface area contributed by atoms with E-state index in [0.717, 1.165) is 29.0 Å². The van der Waals surface area contributed by atoms with Gasteiger partial charge in [-0.05, 0) is 30.7 Å². The van der Waals surface area contributed by atoms with Gasteiger partial charge in [0.2, 0.25) is 0 Å². The second-order valence-corrected chi connectivity index (χ2v) is 4.20. The van der Waals surface area contributed by atoms with Gasteiger partial charge in [0.15, 0.2) is 5.65 Å². The molecule has 4 nitrogen and oxygen atoms in total. The summed E-state index contributed by atoms with van der Waals surface area (Å²) in [6.07, 6.45) is 2.65. The van der Waals surface area contributed by atoms with Crippen LogP contribution in [0.5, 0.6) is 0 Å². The Kier molecular flexibility index (Phi) is 2.78. The van der Waals surface area contributed by atoms with Crippen LogP contribution in [-0.2, 0) is 6.42 Å². The number of H-pyrrole nitrogens is 1. The zero-order chi connectivity index (χ0) is 12.4. The summed E-state index contributed by atoms with van der Waals surface area (Å²) >= 11 is 0. The second kappa shape index (κ2) is 4.58. The highest BCUT2D eigenvalue weighted by Gasteiger charge is 2.05. The van der Waals surface area contributed by atoms with Crippen LogP contribution < -0.4 is 5.73 Å². The fourth-order valence-electron chi connectivity index (χ4n) is 1.98. The van der Waals surface area contributed by atoms with Crippen LogP contribution in [0, 0.1) is 0 Å². The first-order valence-electron chi connectivity index (χ1n) is 5.97. The Hall–Kier alpha value is -2.20. The SMILES string of the molecule is NCCc1ccc(-c2nc3ncccc3[nH]2)cc1. The van der Waals surface area contributed by atoms with Gasteiger partial charge >= 0.3 is 0 Å². The first-order chi connectivity index (χ1) is 8.86. The summed E-state index contributed by atoms with van der Waals surface area (Å²) in [5.74, 6) is 0.850. The number of imidazole rings is 1. The molecule has 90 valence electrons. The van der Waals surface area contributed by atoms with Crippen LogP contribution in [0.25, 0.3) is 22.6 Å². The highest BCUT2D eigenvalue weighted by atomic mass is 15.0. The zero-order valence-corrected chi connectivity index (χ0v) is 9.93. The van der Waals surface area contributed by atoms with Gasteiger partial charge in [-0.25, -0.2) is 9.97 Å². The molecule has 4 heteroatoms. The molecule has 0 saturated heterocycles. The van der Waals surface area contributed by atoms with Crippen molar-refractivity contribution in [1.29, 1.82) is 0 Å². The average molecular weight is 238 g/mol. The van der Waals surface area contributed by atoms with Crippen LogP contribution in [0.15, 0.2) is 42.6 Å². The lowest BCUT2D eigenvalue weighted by molar-refractivity contribution is 0.969. The number of hydrogen-bond donors (Lipinski definition) is 2. The molecule has 0 aliphatic rings. The second-order valence-electron chi connectivity index (χ2n) is 4.20. The molecular weight excluding hydrogens is 224 g/mol. The molecule has 0 aliphatic carbocycles. The number of rotatable bonds is 3. The molecule has 3 rings (SSSR count). The Labute approximate surface area is 105 Å². The lowest BCUT2D eigenvalue weighted by Crippen LogP contribution is -2.02.